The third kappa shape index (κ3) is 5.57. The third-order valence-corrected chi connectivity index (χ3v) is 3.49. The van der Waals surface area contributed by atoms with Crippen molar-refractivity contribution in [2.24, 2.45) is 0 Å². The van der Waals surface area contributed by atoms with Crippen LogP contribution in [0.5, 0.6) is 5.75 Å². The standard InChI is InChI=1S/C15H21F2N3O2/c16-15(17)22-13-4-2-12(3-5-13)14(21)19-6-1-9-20-10-7-18-8-11-20/h2-5,15,18H,1,6-11H2,(H,19,21). The summed E-state index contributed by atoms with van der Waals surface area (Å²) in [7, 11) is 0. The van der Waals surface area contributed by atoms with Crippen molar-refractivity contribution in [1.82, 2.24) is 15.5 Å². The van der Waals surface area contributed by atoms with Gasteiger partial charge in [-0.25, -0.2) is 0 Å². The Kier molecular flexibility index (Phi) is 6.54. The largest absolute Gasteiger partial charge is 0.435 e. The molecule has 0 spiro atoms. The van der Waals surface area contributed by atoms with Crippen LogP contribution in [0.4, 0.5) is 8.78 Å². The molecule has 1 fully saturated rings. The average Bonchev–Trinajstić information content (AvgIpc) is 2.52. The Morgan fingerprint density at radius 2 is 1.95 bits per heavy atom. The SMILES string of the molecule is O=C(NCCCN1CCNCC1)c1ccc(OC(F)F)cc1. The minimum Gasteiger partial charge on any atom is -0.435 e. The van der Waals surface area contributed by atoms with E-state index in [4.69, 9.17) is 0 Å². The summed E-state index contributed by atoms with van der Waals surface area (Å²) in [6.07, 6.45) is 0.887. The molecule has 2 rings (SSSR count). The summed E-state index contributed by atoms with van der Waals surface area (Å²) < 4.78 is 28.3. The van der Waals surface area contributed by atoms with Gasteiger partial charge in [0.25, 0.3) is 5.91 Å². The van der Waals surface area contributed by atoms with Crippen molar-refractivity contribution < 1.29 is 18.3 Å². The van der Waals surface area contributed by atoms with Gasteiger partial charge in [-0.05, 0) is 37.2 Å². The normalized spacial score (nSPS) is 15.8. The molecule has 1 aliphatic rings. The Hall–Kier alpha value is -1.73. The van der Waals surface area contributed by atoms with Crippen LogP contribution >= 0.6 is 0 Å². The van der Waals surface area contributed by atoms with E-state index in [9.17, 15) is 13.6 Å². The molecule has 22 heavy (non-hydrogen) atoms. The highest BCUT2D eigenvalue weighted by molar-refractivity contribution is 5.94. The number of hydrogen-bond donors (Lipinski definition) is 2. The van der Waals surface area contributed by atoms with Crippen molar-refractivity contribution in [1.29, 1.82) is 0 Å². The lowest BCUT2D eigenvalue weighted by atomic mass is 10.2. The minimum absolute atomic E-state index is 0.0465. The first-order valence-electron chi connectivity index (χ1n) is 7.41. The zero-order chi connectivity index (χ0) is 15.8. The highest BCUT2D eigenvalue weighted by Crippen LogP contribution is 2.14. The minimum atomic E-state index is -2.86. The molecule has 0 unspecified atom stereocenters. The van der Waals surface area contributed by atoms with Crippen LogP contribution in [0.15, 0.2) is 24.3 Å². The number of hydrogen-bond acceptors (Lipinski definition) is 4. The van der Waals surface area contributed by atoms with E-state index in [2.05, 4.69) is 20.3 Å². The molecule has 1 saturated heterocycles. The number of amides is 1. The van der Waals surface area contributed by atoms with Crippen molar-refractivity contribution in [2.75, 3.05) is 39.3 Å². The second-order valence-corrected chi connectivity index (χ2v) is 5.10. The van der Waals surface area contributed by atoms with Gasteiger partial charge in [0.2, 0.25) is 0 Å². The number of halogens is 2. The molecule has 1 aromatic rings. The molecule has 1 heterocycles. The number of alkyl halides is 2. The van der Waals surface area contributed by atoms with Crippen LogP contribution < -0.4 is 15.4 Å². The van der Waals surface area contributed by atoms with E-state index >= 15 is 0 Å². The van der Waals surface area contributed by atoms with Gasteiger partial charge < -0.3 is 20.3 Å². The van der Waals surface area contributed by atoms with Crippen molar-refractivity contribution in [3.05, 3.63) is 29.8 Å². The maximum Gasteiger partial charge on any atom is 0.387 e. The molecule has 0 atom stereocenters. The van der Waals surface area contributed by atoms with Crippen molar-refractivity contribution in [3.8, 4) is 5.75 Å². The molecule has 0 radical (unpaired) electrons. The van der Waals surface area contributed by atoms with E-state index in [0.717, 1.165) is 39.1 Å². The molecule has 1 aliphatic heterocycles. The predicted molar refractivity (Wildman–Crippen MR) is 79.3 cm³/mol. The van der Waals surface area contributed by atoms with Gasteiger partial charge >= 0.3 is 6.61 Å². The summed E-state index contributed by atoms with van der Waals surface area (Å²) in [5.74, 6) is -0.158. The van der Waals surface area contributed by atoms with Crippen LogP contribution in [-0.4, -0.2) is 56.7 Å². The molecule has 122 valence electrons. The van der Waals surface area contributed by atoms with Crippen LogP contribution in [0.3, 0.4) is 0 Å². The number of nitrogens with zero attached hydrogens (tertiary/aromatic N) is 1. The fourth-order valence-corrected chi connectivity index (χ4v) is 2.33. The maximum absolute atomic E-state index is 12.0. The Morgan fingerprint density at radius 3 is 2.59 bits per heavy atom. The van der Waals surface area contributed by atoms with Crippen molar-refractivity contribution >= 4 is 5.91 Å². The molecule has 0 saturated carbocycles. The molecule has 1 aromatic carbocycles. The molecular weight excluding hydrogens is 292 g/mol. The van der Waals surface area contributed by atoms with Gasteiger partial charge in [-0.1, -0.05) is 0 Å². The zero-order valence-electron chi connectivity index (χ0n) is 12.4. The smallest absolute Gasteiger partial charge is 0.387 e. The van der Waals surface area contributed by atoms with Gasteiger partial charge in [-0.15, -0.1) is 0 Å². The summed E-state index contributed by atoms with van der Waals surface area (Å²) in [6, 6.07) is 5.68. The third-order valence-electron chi connectivity index (χ3n) is 3.49. The first kappa shape index (κ1) is 16.6. The summed E-state index contributed by atoms with van der Waals surface area (Å²) >= 11 is 0. The second kappa shape index (κ2) is 8.65. The number of piperazine rings is 1. The highest BCUT2D eigenvalue weighted by Gasteiger charge is 2.10. The summed E-state index contributed by atoms with van der Waals surface area (Å²) in [5, 5.41) is 6.12. The van der Waals surface area contributed by atoms with Gasteiger partial charge in [0.15, 0.2) is 0 Å². The van der Waals surface area contributed by atoms with Crippen LogP contribution in [0.2, 0.25) is 0 Å². The van der Waals surface area contributed by atoms with Crippen LogP contribution in [0.25, 0.3) is 0 Å². The Balaban J connectivity index is 1.68. The molecule has 0 aliphatic carbocycles. The topological polar surface area (TPSA) is 53.6 Å². The van der Waals surface area contributed by atoms with E-state index < -0.39 is 6.61 Å². The summed E-state index contributed by atoms with van der Waals surface area (Å²) in [5.41, 5.74) is 0.434. The molecule has 2 N–H and O–H groups in total. The van der Waals surface area contributed by atoms with Gasteiger partial charge in [0, 0.05) is 38.3 Å². The first-order valence-corrected chi connectivity index (χ1v) is 7.41. The fraction of sp³-hybridized carbons (Fsp3) is 0.533. The molecule has 0 bridgehead atoms. The Morgan fingerprint density at radius 1 is 1.27 bits per heavy atom. The molecule has 1 amide bonds. The number of benzene rings is 1. The maximum atomic E-state index is 12.0. The molecule has 7 heteroatoms. The van der Waals surface area contributed by atoms with E-state index in [-0.39, 0.29) is 11.7 Å². The van der Waals surface area contributed by atoms with Crippen molar-refractivity contribution in [3.63, 3.8) is 0 Å². The van der Waals surface area contributed by atoms with Gasteiger partial charge in [0.1, 0.15) is 5.75 Å². The second-order valence-electron chi connectivity index (χ2n) is 5.10. The quantitative estimate of drug-likeness (QED) is 0.746. The van der Waals surface area contributed by atoms with Crippen LogP contribution in [-0.2, 0) is 0 Å². The van der Waals surface area contributed by atoms with Crippen LogP contribution in [0.1, 0.15) is 16.8 Å². The lowest BCUT2D eigenvalue weighted by Crippen LogP contribution is -2.44. The number of carbonyl (C=O) groups excluding carboxylic acids is 1. The monoisotopic (exact) mass is 313 g/mol. The Bertz CT molecular complexity index is 462. The van der Waals surface area contributed by atoms with E-state index in [0.29, 0.717) is 12.1 Å². The van der Waals surface area contributed by atoms with Gasteiger partial charge in [-0.3, -0.25) is 4.79 Å². The molecule has 5 nitrogen and oxygen atoms in total. The number of nitrogens with one attached hydrogen (secondary N) is 2. The van der Waals surface area contributed by atoms with Gasteiger partial charge in [0.05, 0.1) is 0 Å². The molecular formula is C15H21F2N3O2. The lowest BCUT2D eigenvalue weighted by molar-refractivity contribution is -0.0498. The van der Waals surface area contributed by atoms with E-state index in [1.165, 1.54) is 24.3 Å². The Labute approximate surface area is 128 Å². The summed E-state index contributed by atoms with van der Waals surface area (Å²) in [6.45, 7) is 2.81. The number of ether oxygens (including phenoxy) is 1. The van der Waals surface area contributed by atoms with Crippen LogP contribution in [0, 0.1) is 0 Å². The first-order chi connectivity index (χ1) is 10.6. The van der Waals surface area contributed by atoms with Gasteiger partial charge in [-0.2, -0.15) is 8.78 Å². The average molecular weight is 313 g/mol. The summed E-state index contributed by atoms with van der Waals surface area (Å²) in [4.78, 5) is 14.3. The lowest BCUT2D eigenvalue weighted by Gasteiger charge is -2.27. The fourth-order valence-electron chi connectivity index (χ4n) is 2.33. The number of rotatable bonds is 7. The van der Waals surface area contributed by atoms with E-state index in [1.807, 2.05) is 0 Å². The zero-order valence-corrected chi connectivity index (χ0v) is 12.4. The number of carbonyl (C=O) groups is 1. The van der Waals surface area contributed by atoms with E-state index in [1.54, 1.807) is 0 Å². The van der Waals surface area contributed by atoms with Crippen molar-refractivity contribution in [2.45, 2.75) is 13.0 Å². The predicted octanol–water partition coefficient (Wildman–Crippen LogP) is 1.31. The molecule has 0 aromatic heterocycles. The highest BCUT2D eigenvalue weighted by atomic mass is 19.3.